The van der Waals surface area contributed by atoms with Crippen LogP contribution in [0, 0.1) is 0 Å². The van der Waals surface area contributed by atoms with Gasteiger partial charge in [-0.1, -0.05) is 6.08 Å². The number of carbonyl (C=O) groups is 2. The van der Waals surface area contributed by atoms with Gasteiger partial charge in [-0.15, -0.1) is 0 Å². The summed E-state index contributed by atoms with van der Waals surface area (Å²) in [6, 6.07) is 0. The van der Waals surface area contributed by atoms with Gasteiger partial charge in [0.1, 0.15) is 0 Å². The summed E-state index contributed by atoms with van der Waals surface area (Å²) in [7, 11) is 2.89. The Hall–Kier alpha value is -1.45. The second-order valence-corrected chi connectivity index (χ2v) is 2.12. The fraction of sp³-hybridized carbons (Fsp3) is 0.375. The van der Waals surface area contributed by atoms with Gasteiger partial charge in [-0.3, -0.25) is 19.5 Å². The van der Waals surface area contributed by atoms with E-state index in [0.29, 0.717) is 0 Å². The van der Waals surface area contributed by atoms with Crippen LogP contribution in [0.2, 0.25) is 0 Å². The lowest BCUT2D eigenvalue weighted by Crippen LogP contribution is -2.32. The lowest BCUT2D eigenvalue weighted by atomic mass is 10.4. The highest BCUT2D eigenvalue weighted by atomic mass is 16.2. The van der Waals surface area contributed by atoms with Crippen LogP contribution in [0.3, 0.4) is 0 Å². The molecule has 0 heterocycles. The number of hydrogen-bond acceptors (Lipinski definition) is 3. The zero-order valence-corrected chi connectivity index (χ0v) is 7.44. The first-order valence-corrected chi connectivity index (χ1v) is 3.50. The molecule has 0 atom stereocenters. The molecule has 12 heavy (non-hydrogen) atoms. The summed E-state index contributed by atoms with van der Waals surface area (Å²) >= 11 is 0. The molecule has 0 unspecified atom stereocenters. The predicted molar refractivity (Wildman–Crippen MR) is 47.0 cm³/mol. The van der Waals surface area contributed by atoms with Gasteiger partial charge in [0.2, 0.25) is 0 Å². The summed E-state index contributed by atoms with van der Waals surface area (Å²) in [4.78, 5) is 26.5. The first-order chi connectivity index (χ1) is 5.63. The second kappa shape index (κ2) is 5.23. The fourth-order valence-electron chi connectivity index (χ4n) is 0.560. The van der Waals surface area contributed by atoms with Crippen LogP contribution in [-0.2, 0) is 9.59 Å². The third kappa shape index (κ3) is 3.09. The van der Waals surface area contributed by atoms with E-state index in [1.165, 1.54) is 20.2 Å². The molecule has 4 heteroatoms. The number of aliphatic imine (C=N–C) groups is 1. The molecule has 0 aromatic carbocycles. The van der Waals surface area contributed by atoms with Gasteiger partial charge in [-0.25, -0.2) is 0 Å². The molecule has 0 radical (unpaired) electrons. The summed E-state index contributed by atoms with van der Waals surface area (Å²) in [6.45, 7) is 1.71. The van der Waals surface area contributed by atoms with Crippen LogP contribution in [0.25, 0.3) is 0 Å². The molecule has 0 saturated heterocycles. The third-order valence-electron chi connectivity index (χ3n) is 1.21. The zero-order chi connectivity index (χ0) is 9.56. The van der Waals surface area contributed by atoms with Crippen LogP contribution in [0.15, 0.2) is 17.1 Å². The standard InChI is InChI=1S/C8H12N2O2/c1-4-5-7(11)10(3)8(12)6-9-2/h4-6H,1-3H3. The van der Waals surface area contributed by atoms with Gasteiger partial charge < -0.3 is 0 Å². The van der Waals surface area contributed by atoms with E-state index in [9.17, 15) is 9.59 Å². The number of imide groups is 1. The number of allylic oxidation sites excluding steroid dienone is 1. The van der Waals surface area contributed by atoms with E-state index in [4.69, 9.17) is 0 Å². The molecular formula is C8H12N2O2. The summed E-state index contributed by atoms with van der Waals surface area (Å²) in [5, 5.41) is 0. The molecule has 2 amide bonds. The normalized spacial score (nSPS) is 10.9. The highest BCUT2D eigenvalue weighted by Gasteiger charge is 2.10. The molecule has 0 rings (SSSR count). The smallest absolute Gasteiger partial charge is 0.271 e. The molecule has 0 N–H and O–H groups in total. The first-order valence-electron chi connectivity index (χ1n) is 3.50. The van der Waals surface area contributed by atoms with Gasteiger partial charge in [-0.2, -0.15) is 0 Å². The minimum atomic E-state index is -0.416. The van der Waals surface area contributed by atoms with E-state index in [1.807, 2.05) is 0 Å². The summed E-state index contributed by atoms with van der Waals surface area (Å²) in [6.07, 6.45) is 4.00. The van der Waals surface area contributed by atoms with Crippen LogP contribution in [-0.4, -0.2) is 37.0 Å². The average molecular weight is 168 g/mol. The van der Waals surface area contributed by atoms with E-state index < -0.39 is 5.91 Å². The first kappa shape index (κ1) is 10.6. The molecule has 66 valence electrons. The van der Waals surface area contributed by atoms with Crippen molar-refractivity contribution in [2.75, 3.05) is 14.1 Å². The van der Waals surface area contributed by atoms with E-state index in [2.05, 4.69) is 4.99 Å². The molecule has 0 aromatic rings. The Morgan fingerprint density at radius 2 is 1.92 bits per heavy atom. The van der Waals surface area contributed by atoms with Crippen molar-refractivity contribution in [2.45, 2.75) is 6.92 Å². The fourth-order valence-corrected chi connectivity index (χ4v) is 0.560. The Bertz CT molecular complexity index is 207. The van der Waals surface area contributed by atoms with Gasteiger partial charge in [0, 0.05) is 14.1 Å². The summed E-state index contributed by atoms with van der Waals surface area (Å²) in [5.74, 6) is -0.761. The predicted octanol–water partition coefficient (Wildman–Crippen LogP) is 0.248. The van der Waals surface area contributed by atoms with Crippen molar-refractivity contribution in [3.8, 4) is 0 Å². The quantitative estimate of drug-likeness (QED) is 0.438. The number of likely N-dealkylation sites (N-methyl/N-ethyl adjacent to an activating group) is 1. The molecule has 0 aromatic heterocycles. The minimum absolute atomic E-state index is 0.345. The van der Waals surface area contributed by atoms with E-state index in [-0.39, 0.29) is 5.91 Å². The summed E-state index contributed by atoms with van der Waals surface area (Å²) < 4.78 is 0. The maximum absolute atomic E-state index is 11.0. The number of nitrogens with zero attached hydrogens (tertiary/aromatic N) is 2. The molecule has 0 fully saturated rings. The second-order valence-electron chi connectivity index (χ2n) is 2.12. The Morgan fingerprint density at radius 3 is 2.33 bits per heavy atom. The van der Waals surface area contributed by atoms with Gasteiger partial charge in [0.15, 0.2) is 0 Å². The Balaban J connectivity index is 4.28. The molecule has 4 nitrogen and oxygen atoms in total. The van der Waals surface area contributed by atoms with Crippen LogP contribution in [0.4, 0.5) is 0 Å². The van der Waals surface area contributed by atoms with Gasteiger partial charge in [0.25, 0.3) is 11.8 Å². The molecule has 0 aliphatic carbocycles. The highest BCUT2D eigenvalue weighted by Crippen LogP contribution is 1.86. The largest absolute Gasteiger partial charge is 0.291 e. The van der Waals surface area contributed by atoms with Crippen molar-refractivity contribution in [1.82, 2.24) is 4.90 Å². The topological polar surface area (TPSA) is 49.7 Å². The molecule has 0 aliphatic heterocycles. The van der Waals surface area contributed by atoms with E-state index >= 15 is 0 Å². The Morgan fingerprint density at radius 1 is 1.33 bits per heavy atom. The van der Waals surface area contributed by atoms with Crippen LogP contribution in [0.5, 0.6) is 0 Å². The van der Waals surface area contributed by atoms with Crippen LogP contribution < -0.4 is 0 Å². The minimum Gasteiger partial charge on any atom is -0.291 e. The molecular weight excluding hydrogens is 156 g/mol. The third-order valence-corrected chi connectivity index (χ3v) is 1.21. The van der Waals surface area contributed by atoms with E-state index in [0.717, 1.165) is 11.1 Å². The van der Waals surface area contributed by atoms with Gasteiger partial charge in [-0.05, 0) is 13.0 Å². The molecule has 0 aliphatic rings. The number of hydrogen-bond donors (Lipinski definition) is 0. The average Bonchev–Trinajstić information content (AvgIpc) is 2.04. The lowest BCUT2D eigenvalue weighted by molar-refractivity contribution is -0.135. The van der Waals surface area contributed by atoms with Crippen molar-refractivity contribution >= 4 is 18.0 Å². The molecule has 0 bridgehead atoms. The van der Waals surface area contributed by atoms with Crippen LogP contribution >= 0.6 is 0 Å². The lowest BCUT2D eigenvalue weighted by Gasteiger charge is -2.08. The summed E-state index contributed by atoms with van der Waals surface area (Å²) in [5.41, 5.74) is 0. The Kier molecular flexibility index (Phi) is 4.60. The Labute approximate surface area is 71.6 Å². The number of rotatable bonds is 2. The van der Waals surface area contributed by atoms with Crippen molar-refractivity contribution in [3.63, 3.8) is 0 Å². The van der Waals surface area contributed by atoms with Crippen molar-refractivity contribution in [1.29, 1.82) is 0 Å². The van der Waals surface area contributed by atoms with Crippen LogP contribution in [0.1, 0.15) is 6.92 Å². The number of carbonyl (C=O) groups excluding carboxylic acids is 2. The molecule has 0 spiro atoms. The maximum Gasteiger partial charge on any atom is 0.271 e. The van der Waals surface area contributed by atoms with Crippen molar-refractivity contribution < 1.29 is 9.59 Å². The van der Waals surface area contributed by atoms with Gasteiger partial charge in [0.05, 0.1) is 6.21 Å². The van der Waals surface area contributed by atoms with E-state index in [1.54, 1.807) is 13.0 Å². The molecule has 0 saturated carbocycles. The van der Waals surface area contributed by atoms with Crippen molar-refractivity contribution in [2.24, 2.45) is 4.99 Å². The maximum atomic E-state index is 11.0. The highest BCUT2D eigenvalue weighted by molar-refractivity contribution is 6.30. The van der Waals surface area contributed by atoms with Gasteiger partial charge >= 0.3 is 0 Å². The van der Waals surface area contributed by atoms with Crippen molar-refractivity contribution in [3.05, 3.63) is 12.2 Å². The zero-order valence-electron chi connectivity index (χ0n) is 7.44. The monoisotopic (exact) mass is 168 g/mol. The SMILES string of the molecule is CC=CC(=O)N(C)C(=O)C=NC. The number of amides is 2.